The summed E-state index contributed by atoms with van der Waals surface area (Å²) in [6, 6.07) is -4.61. The SMILES string of the molecule is NCCCCC(NC(=O)C(CS)NC(=O)C(CCC(N)=O)NC(=O)C(N)Cc1cnc[nH]1)C(=O)O. The van der Waals surface area contributed by atoms with Gasteiger partial charge in [-0.05, 0) is 32.2 Å². The number of hydrogen-bond donors (Lipinski definition) is 9. The Balaban J connectivity index is 2.82. The van der Waals surface area contributed by atoms with Gasteiger partial charge in [0.15, 0.2) is 0 Å². The zero-order chi connectivity index (χ0) is 26.4. The van der Waals surface area contributed by atoms with Gasteiger partial charge in [0.2, 0.25) is 23.6 Å². The van der Waals surface area contributed by atoms with Crippen molar-refractivity contribution >= 4 is 42.2 Å². The van der Waals surface area contributed by atoms with Gasteiger partial charge in [-0.2, -0.15) is 12.6 Å². The van der Waals surface area contributed by atoms with Crippen molar-refractivity contribution in [3.63, 3.8) is 0 Å². The Morgan fingerprint density at radius 2 is 1.63 bits per heavy atom. The lowest BCUT2D eigenvalue weighted by molar-refractivity contribution is -0.142. The molecule has 1 aromatic rings. The standard InChI is InChI=1S/C20H34N8O6S/c21-6-2-1-3-14(20(33)34)27-19(32)15(9-35)28-18(31)13(4-5-16(23)29)26-17(30)12(22)7-11-8-24-10-25-11/h8,10,12-15,35H,1-7,9,21-22H2,(H2,23,29)(H,24,25)(H,26,30)(H,27,32)(H,28,31)(H,33,34). The van der Waals surface area contributed by atoms with Crippen molar-refractivity contribution in [1.29, 1.82) is 0 Å². The van der Waals surface area contributed by atoms with E-state index < -0.39 is 53.8 Å². The predicted molar refractivity (Wildman–Crippen MR) is 129 cm³/mol. The number of carbonyl (C=O) groups is 5. The molecule has 0 saturated carbocycles. The molecule has 4 atom stereocenters. The second kappa shape index (κ2) is 15.7. The van der Waals surface area contributed by atoms with Crippen LogP contribution in [0.3, 0.4) is 0 Å². The molecular formula is C20H34N8O6S. The highest BCUT2D eigenvalue weighted by Crippen LogP contribution is 2.05. The number of nitrogens with two attached hydrogens (primary N) is 3. The van der Waals surface area contributed by atoms with E-state index in [9.17, 15) is 29.1 Å². The fourth-order valence-corrected chi connectivity index (χ4v) is 3.31. The van der Waals surface area contributed by atoms with Gasteiger partial charge in [-0.1, -0.05) is 0 Å². The Morgan fingerprint density at radius 3 is 2.17 bits per heavy atom. The monoisotopic (exact) mass is 514 g/mol. The number of amides is 4. The lowest BCUT2D eigenvalue weighted by Gasteiger charge is -2.24. The van der Waals surface area contributed by atoms with Crippen LogP contribution >= 0.6 is 12.6 Å². The van der Waals surface area contributed by atoms with Crippen LogP contribution in [0.1, 0.15) is 37.8 Å². The van der Waals surface area contributed by atoms with Crippen molar-refractivity contribution in [3.8, 4) is 0 Å². The minimum Gasteiger partial charge on any atom is -0.480 e. The first kappa shape index (κ1) is 29.9. The van der Waals surface area contributed by atoms with E-state index in [0.717, 1.165) is 0 Å². The van der Waals surface area contributed by atoms with E-state index >= 15 is 0 Å². The van der Waals surface area contributed by atoms with Crippen molar-refractivity contribution in [2.75, 3.05) is 12.3 Å². The van der Waals surface area contributed by atoms with E-state index in [1.165, 1.54) is 12.5 Å². The largest absolute Gasteiger partial charge is 0.480 e. The Bertz CT molecular complexity index is 853. The van der Waals surface area contributed by atoms with E-state index in [-0.39, 0.29) is 31.4 Å². The summed E-state index contributed by atoms with van der Waals surface area (Å²) in [5.41, 5.74) is 17.1. The molecule has 0 spiro atoms. The maximum absolute atomic E-state index is 12.9. The van der Waals surface area contributed by atoms with Crippen molar-refractivity contribution in [1.82, 2.24) is 25.9 Å². The average Bonchev–Trinajstić information content (AvgIpc) is 3.31. The van der Waals surface area contributed by atoms with Crippen molar-refractivity contribution in [2.45, 2.75) is 62.7 Å². The maximum atomic E-state index is 12.9. The number of H-pyrrole nitrogens is 1. The van der Waals surface area contributed by atoms with Crippen LogP contribution in [0.4, 0.5) is 0 Å². The lowest BCUT2D eigenvalue weighted by atomic mass is 10.1. The quantitative estimate of drug-likeness (QED) is 0.0765. The van der Waals surface area contributed by atoms with Crippen LogP contribution in [-0.4, -0.2) is 81.1 Å². The highest BCUT2D eigenvalue weighted by Gasteiger charge is 2.30. The number of unbranched alkanes of at least 4 members (excludes halogenated alkanes) is 1. The van der Waals surface area contributed by atoms with E-state index in [1.807, 2.05) is 0 Å². The normalized spacial score (nSPS) is 14.3. The minimum atomic E-state index is -1.22. The molecule has 1 rings (SSSR count). The number of aromatic nitrogens is 2. The smallest absolute Gasteiger partial charge is 0.326 e. The van der Waals surface area contributed by atoms with Crippen LogP contribution in [-0.2, 0) is 30.4 Å². The molecule has 0 saturated heterocycles. The van der Waals surface area contributed by atoms with Gasteiger partial charge in [0.05, 0.1) is 12.4 Å². The number of imidazole rings is 1. The lowest BCUT2D eigenvalue weighted by Crippen LogP contribution is -2.57. The molecule has 11 N–H and O–H groups in total. The van der Waals surface area contributed by atoms with Gasteiger partial charge < -0.3 is 43.2 Å². The Kier molecular flexibility index (Phi) is 13.4. The Morgan fingerprint density at radius 1 is 1.00 bits per heavy atom. The van der Waals surface area contributed by atoms with Gasteiger partial charge in [-0.25, -0.2) is 9.78 Å². The number of carbonyl (C=O) groups excluding carboxylic acids is 4. The number of primary amides is 1. The topological polar surface area (TPSA) is 248 Å². The summed E-state index contributed by atoms with van der Waals surface area (Å²) in [5, 5.41) is 16.6. The van der Waals surface area contributed by atoms with Gasteiger partial charge in [0.1, 0.15) is 18.1 Å². The third-order valence-corrected chi connectivity index (χ3v) is 5.39. The molecule has 0 bridgehead atoms. The van der Waals surface area contributed by atoms with Crippen molar-refractivity contribution in [2.24, 2.45) is 17.2 Å². The Hall–Kier alpha value is -3.17. The number of carboxylic acid groups (broad SMARTS) is 1. The number of rotatable bonds is 17. The minimum absolute atomic E-state index is 0.123. The molecule has 4 amide bonds. The van der Waals surface area contributed by atoms with Gasteiger partial charge in [0.25, 0.3) is 0 Å². The van der Waals surface area contributed by atoms with E-state index in [4.69, 9.17) is 17.2 Å². The number of aliphatic carboxylic acids is 1. The first-order chi connectivity index (χ1) is 16.6. The van der Waals surface area contributed by atoms with Gasteiger partial charge in [-0.3, -0.25) is 19.2 Å². The van der Waals surface area contributed by atoms with Gasteiger partial charge in [0, 0.05) is 30.5 Å². The maximum Gasteiger partial charge on any atom is 0.326 e. The molecule has 14 nitrogen and oxygen atoms in total. The molecule has 4 unspecified atom stereocenters. The van der Waals surface area contributed by atoms with E-state index in [0.29, 0.717) is 25.1 Å². The molecule has 0 aliphatic rings. The predicted octanol–water partition coefficient (Wildman–Crippen LogP) is -2.86. The highest BCUT2D eigenvalue weighted by molar-refractivity contribution is 7.80. The summed E-state index contributed by atoms with van der Waals surface area (Å²) in [7, 11) is 0. The van der Waals surface area contributed by atoms with Crippen molar-refractivity contribution in [3.05, 3.63) is 18.2 Å². The van der Waals surface area contributed by atoms with E-state index in [2.05, 4.69) is 38.5 Å². The summed E-state index contributed by atoms with van der Waals surface area (Å²) in [6.07, 6.45) is 3.95. The van der Waals surface area contributed by atoms with Crippen LogP contribution in [0, 0.1) is 0 Å². The number of thiol groups is 1. The first-order valence-corrected chi connectivity index (χ1v) is 11.7. The summed E-state index contributed by atoms with van der Waals surface area (Å²) in [4.78, 5) is 67.3. The molecule has 0 aromatic carbocycles. The zero-order valence-electron chi connectivity index (χ0n) is 19.2. The average molecular weight is 515 g/mol. The zero-order valence-corrected chi connectivity index (χ0v) is 20.1. The molecule has 196 valence electrons. The number of carboxylic acids is 1. The summed E-state index contributed by atoms with van der Waals surface area (Å²) >= 11 is 4.06. The van der Waals surface area contributed by atoms with Crippen LogP contribution in [0.25, 0.3) is 0 Å². The number of nitrogens with one attached hydrogen (secondary N) is 4. The molecule has 15 heteroatoms. The molecule has 1 heterocycles. The van der Waals surface area contributed by atoms with Gasteiger partial charge >= 0.3 is 5.97 Å². The third kappa shape index (κ3) is 11.2. The second-order valence-corrected chi connectivity index (χ2v) is 8.25. The number of nitrogens with zero attached hydrogens (tertiary/aromatic N) is 1. The number of hydrogen-bond acceptors (Lipinski definition) is 9. The fourth-order valence-electron chi connectivity index (χ4n) is 3.05. The van der Waals surface area contributed by atoms with E-state index in [1.54, 1.807) is 0 Å². The highest BCUT2D eigenvalue weighted by atomic mass is 32.1. The van der Waals surface area contributed by atoms with Crippen LogP contribution in [0.2, 0.25) is 0 Å². The van der Waals surface area contributed by atoms with Crippen molar-refractivity contribution < 1.29 is 29.1 Å². The first-order valence-electron chi connectivity index (χ1n) is 11.0. The third-order valence-electron chi connectivity index (χ3n) is 5.02. The molecule has 35 heavy (non-hydrogen) atoms. The second-order valence-electron chi connectivity index (χ2n) is 7.88. The molecule has 0 radical (unpaired) electrons. The summed E-state index contributed by atoms with van der Waals surface area (Å²) in [6.45, 7) is 0.388. The summed E-state index contributed by atoms with van der Waals surface area (Å²) < 4.78 is 0. The fraction of sp³-hybridized carbons (Fsp3) is 0.600. The number of aromatic amines is 1. The summed E-state index contributed by atoms with van der Waals surface area (Å²) in [5.74, 6) is -4.27. The molecule has 0 aliphatic carbocycles. The molecular weight excluding hydrogens is 480 g/mol. The van der Waals surface area contributed by atoms with Crippen LogP contribution in [0.5, 0.6) is 0 Å². The Labute approximate surface area is 207 Å². The van der Waals surface area contributed by atoms with Gasteiger partial charge in [-0.15, -0.1) is 0 Å². The van der Waals surface area contributed by atoms with Crippen LogP contribution in [0.15, 0.2) is 12.5 Å². The molecule has 0 aliphatic heterocycles. The molecule has 1 aromatic heterocycles. The van der Waals surface area contributed by atoms with Crippen LogP contribution < -0.4 is 33.2 Å². The molecule has 0 fully saturated rings.